The fraction of sp³-hybridized carbons (Fsp3) is 0.529. The van der Waals surface area contributed by atoms with Gasteiger partial charge in [-0.15, -0.1) is 10.2 Å². The Labute approximate surface area is 145 Å². The number of rotatable bonds is 5. The first-order chi connectivity index (χ1) is 12.0. The highest BCUT2D eigenvalue weighted by Crippen LogP contribution is 2.28. The molecule has 2 aromatic heterocycles. The number of carboxylic acids is 1. The van der Waals surface area contributed by atoms with Gasteiger partial charge >= 0.3 is 5.97 Å². The van der Waals surface area contributed by atoms with E-state index in [0.717, 1.165) is 18.7 Å². The number of aromatic carboxylic acids is 1. The minimum absolute atomic E-state index is 0.149. The highest BCUT2D eigenvalue weighted by atomic mass is 16.4. The minimum atomic E-state index is -1.04. The predicted octanol–water partition coefficient (Wildman–Crippen LogP) is 2.36. The van der Waals surface area contributed by atoms with E-state index in [4.69, 9.17) is 0 Å². The monoisotopic (exact) mass is 345 g/mol. The zero-order chi connectivity index (χ0) is 18.0. The summed E-state index contributed by atoms with van der Waals surface area (Å²) in [5, 5.41) is 20.2. The van der Waals surface area contributed by atoms with Crippen LogP contribution in [0.5, 0.6) is 0 Å². The highest BCUT2D eigenvalue weighted by molar-refractivity contribution is 5.99. The molecular weight excluding hydrogens is 322 g/mol. The fourth-order valence-electron chi connectivity index (χ4n) is 3.60. The van der Waals surface area contributed by atoms with Crippen molar-refractivity contribution in [3.8, 4) is 0 Å². The summed E-state index contributed by atoms with van der Waals surface area (Å²) in [6, 6.07) is 0.392. The van der Waals surface area contributed by atoms with E-state index < -0.39 is 5.97 Å². The van der Waals surface area contributed by atoms with Gasteiger partial charge in [0, 0.05) is 11.7 Å². The van der Waals surface area contributed by atoms with Gasteiger partial charge < -0.3 is 20.0 Å². The molecule has 3 rings (SSSR count). The van der Waals surface area contributed by atoms with Crippen molar-refractivity contribution in [2.75, 3.05) is 0 Å². The molecule has 8 heteroatoms. The number of carboxylic acid groups (broad SMARTS) is 1. The molecule has 1 amide bonds. The van der Waals surface area contributed by atoms with Crippen LogP contribution < -0.4 is 5.32 Å². The van der Waals surface area contributed by atoms with E-state index in [2.05, 4.69) is 25.1 Å². The van der Waals surface area contributed by atoms with Crippen LogP contribution in [0.4, 0.5) is 0 Å². The molecule has 2 heterocycles. The normalized spacial score (nSPS) is 15.3. The Hall–Kier alpha value is -2.64. The molecule has 3 N–H and O–H groups in total. The molecular formula is C17H23N5O3. The lowest BCUT2D eigenvalue weighted by atomic mass is 9.95. The van der Waals surface area contributed by atoms with Crippen LogP contribution in [0.1, 0.15) is 76.1 Å². The van der Waals surface area contributed by atoms with Gasteiger partial charge in [0.15, 0.2) is 5.82 Å². The summed E-state index contributed by atoms with van der Waals surface area (Å²) in [5.74, 6) is -0.659. The van der Waals surface area contributed by atoms with Crippen molar-refractivity contribution in [1.29, 1.82) is 0 Å². The summed E-state index contributed by atoms with van der Waals surface area (Å²) < 4.78 is 2.05. The Morgan fingerprint density at radius 2 is 2.04 bits per heavy atom. The SMILES string of the molecule is Cc1[nH]c(C(=O)NCc2nncn2C2CCCCC2)c(C)c1C(=O)O. The molecule has 1 aliphatic rings. The molecule has 1 fully saturated rings. The third-order valence-electron chi connectivity index (χ3n) is 4.90. The maximum absolute atomic E-state index is 12.4. The average molecular weight is 345 g/mol. The number of carbonyl (C=O) groups excluding carboxylic acids is 1. The first kappa shape index (κ1) is 17.2. The zero-order valence-corrected chi connectivity index (χ0v) is 14.5. The van der Waals surface area contributed by atoms with Crippen LogP contribution in [0.15, 0.2) is 6.33 Å². The number of H-pyrrole nitrogens is 1. The lowest BCUT2D eigenvalue weighted by molar-refractivity contribution is 0.0695. The van der Waals surface area contributed by atoms with E-state index >= 15 is 0 Å². The summed E-state index contributed by atoms with van der Waals surface area (Å²) in [7, 11) is 0. The molecule has 0 aromatic carbocycles. The van der Waals surface area contributed by atoms with Crippen molar-refractivity contribution in [3.63, 3.8) is 0 Å². The maximum atomic E-state index is 12.4. The molecule has 1 aliphatic carbocycles. The first-order valence-corrected chi connectivity index (χ1v) is 8.58. The lowest BCUT2D eigenvalue weighted by Gasteiger charge is -2.24. The van der Waals surface area contributed by atoms with Crippen molar-refractivity contribution in [2.24, 2.45) is 0 Å². The van der Waals surface area contributed by atoms with E-state index in [9.17, 15) is 14.7 Å². The Morgan fingerprint density at radius 1 is 1.32 bits per heavy atom. The summed E-state index contributed by atoms with van der Waals surface area (Å²) in [4.78, 5) is 26.6. The standard InChI is InChI=1S/C17H23N5O3/c1-10-14(17(24)25)11(2)20-15(10)16(23)18-8-13-21-19-9-22(13)12-6-4-3-5-7-12/h9,12,20H,3-8H2,1-2H3,(H,18,23)(H,24,25). The second kappa shape index (κ2) is 7.08. The van der Waals surface area contributed by atoms with Crippen LogP contribution >= 0.6 is 0 Å². The number of nitrogens with zero attached hydrogens (tertiary/aromatic N) is 3. The van der Waals surface area contributed by atoms with E-state index in [-0.39, 0.29) is 23.7 Å². The Balaban J connectivity index is 1.70. The Morgan fingerprint density at radius 3 is 2.68 bits per heavy atom. The van der Waals surface area contributed by atoms with Gasteiger partial charge in [0.25, 0.3) is 5.91 Å². The van der Waals surface area contributed by atoms with Gasteiger partial charge in [-0.05, 0) is 32.3 Å². The van der Waals surface area contributed by atoms with E-state index in [0.29, 0.717) is 17.3 Å². The molecule has 134 valence electrons. The van der Waals surface area contributed by atoms with E-state index in [1.54, 1.807) is 20.2 Å². The molecule has 0 radical (unpaired) electrons. The molecule has 0 aliphatic heterocycles. The number of hydrogen-bond donors (Lipinski definition) is 3. The molecule has 8 nitrogen and oxygen atoms in total. The van der Waals surface area contributed by atoms with Gasteiger partial charge in [-0.3, -0.25) is 4.79 Å². The summed E-state index contributed by atoms with van der Waals surface area (Å²) in [6.07, 6.45) is 7.61. The predicted molar refractivity (Wildman–Crippen MR) is 90.5 cm³/mol. The second-order valence-corrected chi connectivity index (χ2v) is 6.56. The van der Waals surface area contributed by atoms with Gasteiger partial charge in [0.2, 0.25) is 0 Å². The molecule has 0 spiro atoms. The molecule has 0 saturated heterocycles. The largest absolute Gasteiger partial charge is 0.478 e. The summed E-state index contributed by atoms with van der Waals surface area (Å²) >= 11 is 0. The average Bonchev–Trinajstić information content (AvgIpc) is 3.17. The van der Waals surface area contributed by atoms with Crippen molar-refractivity contribution < 1.29 is 14.7 Å². The van der Waals surface area contributed by atoms with Gasteiger partial charge in [0.05, 0.1) is 12.1 Å². The molecule has 25 heavy (non-hydrogen) atoms. The highest BCUT2D eigenvalue weighted by Gasteiger charge is 2.22. The number of nitrogens with one attached hydrogen (secondary N) is 2. The lowest BCUT2D eigenvalue weighted by Crippen LogP contribution is -2.27. The third kappa shape index (κ3) is 3.42. The van der Waals surface area contributed by atoms with Crippen LogP contribution in [-0.2, 0) is 6.54 Å². The quantitative estimate of drug-likeness (QED) is 0.770. The van der Waals surface area contributed by atoms with Gasteiger partial charge in [-0.2, -0.15) is 0 Å². The first-order valence-electron chi connectivity index (χ1n) is 8.58. The number of aryl methyl sites for hydroxylation is 1. The maximum Gasteiger partial charge on any atom is 0.337 e. The van der Waals surface area contributed by atoms with Crippen LogP contribution in [0.3, 0.4) is 0 Å². The number of hydrogen-bond acceptors (Lipinski definition) is 4. The number of aromatic nitrogens is 4. The topological polar surface area (TPSA) is 113 Å². The van der Waals surface area contributed by atoms with Crippen LogP contribution in [0.2, 0.25) is 0 Å². The Kier molecular flexibility index (Phi) is 4.87. The van der Waals surface area contributed by atoms with Crippen LogP contribution in [-0.4, -0.2) is 36.7 Å². The van der Waals surface area contributed by atoms with Crippen molar-refractivity contribution >= 4 is 11.9 Å². The zero-order valence-electron chi connectivity index (χ0n) is 14.5. The van der Waals surface area contributed by atoms with Gasteiger partial charge in [0.1, 0.15) is 12.0 Å². The molecule has 2 aromatic rings. The van der Waals surface area contributed by atoms with Gasteiger partial charge in [-0.25, -0.2) is 4.79 Å². The number of amides is 1. The van der Waals surface area contributed by atoms with Crippen molar-refractivity contribution in [2.45, 2.75) is 58.5 Å². The smallest absolute Gasteiger partial charge is 0.337 e. The summed E-state index contributed by atoms with van der Waals surface area (Å²) in [6.45, 7) is 3.54. The van der Waals surface area contributed by atoms with E-state index in [1.807, 2.05) is 0 Å². The van der Waals surface area contributed by atoms with Crippen molar-refractivity contribution in [3.05, 3.63) is 34.7 Å². The minimum Gasteiger partial charge on any atom is -0.478 e. The molecule has 0 bridgehead atoms. The van der Waals surface area contributed by atoms with Crippen molar-refractivity contribution in [1.82, 2.24) is 25.1 Å². The molecule has 1 saturated carbocycles. The van der Waals surface area contributed by atoms with Crippen LogP contribution in [0.25, 0.3) is 0 Å². The van der Waals surface area contributed by atoms with Gasteiger partial charge in [-0.1, -0.05) is 19.3 Å². The molecule has 0 atom stereocenters. The fourth-order valence-corrected chi connectivity index (χ4v) is 3.60. The molecule has 0 unspecified atom stereocenters. The third-order valence-corrected chi connectivity index (χ3v) is 4.90. The summed E-state index contributed by atoms with van der Waals surface area (Å²) in [5.41, 5.74) is 1.34. The number of carbonyl (C=O) groups is 2. The van der Waals surface area contributed by atoms with E-state index in [1.165, 1.54) is 19.3 Å². The van der Waals surface area contributed by atoms with Crippen LogP contribution in [0, 0.1) is 13.8 Å². The second-order valence-electron chi connectivity index (χ2n) is 6.56. The Bertz CT molecular complexity index is 786. The number of aromatic amines is 1.